The van der Waals surface area contributed by atoms with Crippen molar-refractivity contribution in [1.29, 1.82) is 0 Å². The maximum absolute atomic E-state index is 5.70. The minimum atomic E-state index is 0.315. The molecule has 0 spiro atoms. The van der Waals surface area contributed by atoms with Crippen LogP contribution in [-0.4, -0.2) is 16.0 Å². The van der Waals surface area contributed by atoms with Crippen LogP contribution in [0.3, 0.4) is 0 Å². The Labute approximate surface area is 94.6 Å². The van der Waals surface area contributed by atoms with Crippen molar-refractivity contribution < 1.29 is 0 Å². The summed E-state index contributed by atoms with van der Waals surface area (Å²) in [6, 6.07) is 5.95. The second kappa shape index (κ2) is 4.26. The Morgan fingerprint density at radius 1 is 1.62 bits per heavy atom. The van der Waals surface area contributed by atoms with E-state index in [1.54, 1.807) is 0 Å². The molecule has 4 N–H and O–H groups in total. The van der Waals surface area contributed by atoms with Crippen molar-refractivity contribution in [2.24, 2.45) is 0 Å². The van der Waals surface area contributed by atoms with Crippen molar-refractivity contribution in [2.75, 3.05) is 11.1 Å². The quantitative estimate of drug-likeness (QED) is 0.543. The zero-order valence-corrected chi connectivity index (χ0v) is 9.33. The maximum Gasteiger partial charge on any atom is 0.201 e. The molecule has 4 nitrogen and oxygen atoms in total. The third kappa shape index (κ3) is 2.16. The van der Waals surface area contributed by atoms with E-state index in [0.717, 1.165) is 29.1 Å². The van der Waals surface area contributed by atoms with Crippen LogP contribution in [0.4, 0.5) is 11.6 Å². The summed E-state index contributed by atoms with van der Waals surface area (Å²) in [6.07, 6.45) is 2.79. The van der Waals surface area contributed by atoms with Crippen molar-refractivity contribution in [3.8, 4) is 0 Å². The molecule has 0 radical (unpaired) electrons. The van der Waals surface area contributed by atoms with Crippen molar-refractivity contribution in [3.63, 3.8) is 0 Å². The summed E-state index contributed by atoms with van der Waals surface area (Å²) in [6.45, 7) is 5.80. The molecule has 1 aromatic carbocycles. The molecule has 0 bridgehead atoms. The summed E-state index contributed by atoms with van der Waals surface area (Å²) in [7, 11) is 0. The number of H-pyrrole nitrogens is 1. The predicted molar refractivity (Wildman–Crippen MR) is 68.4 cm³/mol. The molecule has 2 aromatic rings. The van der Waals surface area contributed by atoms with E-state index in [1.807, 2.05) is 24.3 Å². The van der Waals surface area contributed by atoms with Crippen LogP contribution < -0.4 is 11.1 Å². The Morgan fingerprint density at radius 2 is 2.44 bits per heavy atom. The minimum absolute atomic E-state index is 0.315. The number of fused-ring (bicyclic) bond motifs is 1. The summed E-state index contributed by atoms with van der Waals surface area (Å²) in [4.78, 5) is 7.61. The van der Waals surface area contributed by atoms with Gasteiger partial charge in [-0.2, -0.15) is 0 Å². The number of aromatic amines is 1. The van der Waals surface area contributed by atoms with Gasteiger partial charge in [-0.1, -0.05) is 6.08 Å². The van der Waals surface area contributed by atoms with Gasteiger partial charge in [0.15, 0.2) is 0 Å². The van der Waals surface area contributed by atoms with Gasteiger partial charge < -0.3 is 16.0 Å². The minimum Gasteiger partial charge on any atom is -0.399 e. The number of rotatable bonds is 4. The zero-order valence-electron chi connectivity index (χ0n) is 9.33. The van der Waals surface area contributed by atoms with Gasteiger partial charge in [0.25, 0.3) is 0 Å². The molecule has 0 saturated carbocycles. The van der Waals surface area contributed by atoms with Crippen molar-refractivity contribution in [3.05, 3.63) is 30.9 Å². The van der Waals surface area contributed by atoms with Crippen LogP contribution in [0.2, 0.25) is 0 Å². The fraction of sp³-hybridized carbons (Fsp3) is 0.250. The van der Waals surface area contributed by atoms with Gasteiger partial charge in [0, 0.05) is 11.7 Å². The molecule has 0 fully saturated rings. The highest BCUT2D eigenvalue weighted by Gasteiger charge is 2.05. The number of anilines is 2. The van der Waals surface area contributed by atoms with E-state index in [2.05, 4.69) is 28.8 Å². The fourth-order valence-corrected chi connectivity index (χ4v) is 1.64. The van der Waals surface area contributed by atoms with Crippen LogP contribution in [0.5, 0.6) is 0 Å². The van der Waals surface area contributed by atoms with Crippen LogP contribution in [0.15, 0.2) is 30.9 Å². The lowest BCUT2D eigenvalue weighted by Crippen LogP contribution is -2.14. The highest BCUT2D eigenvalue weighted by Crippen LogP contribution is 2.17. The number of hydrogen-bond donors (Lipinski definition) is 3. The third-order valence-corrected chi connectivity index (χ3v) is 2.41. The second-order valence-corrected chi connectivity index (χ2v) is 3.93. The van der Waals surface area contributed by atoms with E-state index >= 15 is 0 Å². The van der Waals surface area contributed by atoms with Gasteiger partial charge in [0.1, 0.15) is 0 Å². The highest BCUT2D eigenvalue weighted by atomic mass is 15.1. The number of nitrogens with zero attached hydrogens (tertiary/aromatic N) is 1. The Bertz CT molecular complexity index is 501. The molecule has 1 atom stereocenters. The molecule has 0 aliphatic rings. The Balaban J connectivity index is 2.22. The lowest BCUT2D eigenvalue weighted by Gasteiger charge is -2.09. The number of nitrogens with one attached hydrogen (secondary N) is 2. The topological polar surface area (TPSA) is 66.7 Å². The molecule has 16 heavy (non-hydrogen) atoms. The van der Waals surface area contributed by atoms with E-state index in [9.17, 15) is 0 Å². The van der Waals surface area contributed by atoms with E-state index in [1.165, 1.54) is 0 Å². The number of imidazole rings is 1. The van der Waals surface area contributed by atoms with E-state index in [0.29, 0.717) is 6.04 Å². The third-order valence-electron chi connectivity index (χ3n) is 2.41. The highest BCUT2D eigenvalue weighted by molar-refractivity contribution is 5.80. The molecule has 84 valence electrons. The van der Waals surface area contributed by atoms with Crippen LogP contribution in [0.25, 0.3) is 11.0 Å². The first-order valence-electron chi connectivity index (χ1n) is 5.31. The number of hydrogen-bond acceptors (Lipinski definition) is 3. The van der Waals surface area contributed by atoms with Gasteiger partial charge in [-0.25, -0.2) is 4.98 Å². The van der Waals surface area contributed by atoms with E-state index < -0.39 is 0 Å². The summed E-state index contributed by atoms with van der Waals surface area (Å²) >= 11 is 0. The molecule has 1 heterocycles. The smallest absolute Gasteiger partial charge is 0.201 e. The van der Waals surface area contributed by atoms with E-state index in [4.69, 9.17) is 5.73 Å². The molecule has 4 heteroatoms. The molecule has 0 aliphatic carbocycles. The molecule has 0 aliphatic heterocycles. The first kappa shape index (κ1) is 10.5. The van der Waals surface area contributed by atoms with Crippen molar-refractivity contribution >= 4 is 22.7 Å². The first-order chi connectivity index (χ1) is 7.69. The lowest BCUT2D eigenvalue weighted by molar-refractivity contribution is 0.803. The summed E-state index contributed by atoms with van der Waals surface area (Å²) < 4.78 is 0. The monoisotopic (exact) mass is 216 g/mol. The SMILES string of the molecule is C=CCC(C)Nc1nc2ccc(N)cc2[nH]1. The molecule has 0 saturated heterocycles. The van der Waals surface area contributed by atoms with Gasteiger partial charge in [-0.3, -0.25) is 0 Å². The summed E-state index contributed by atoms with van der Waals surface area (Å²) in [5.41, 5.74) is 8.31. The molecule has 1 aromatic heterocycles. The van der Waals surface area contributed by atoms with Gasteiger partial charge >= 0.3 is 0 Å². The van der Waals surface area contributed by atoms with Gasteiger partial charge in [-0.15, -0.1) is 6.58 Å². The van der Waals surface area contributed by atoms with Crippen LogP contribution in [0, 0.1) is 0 Å². The van der Waals surface area contributed by atoms with Crippen molar-refractivity contribution in [1.82, 2.24) is 9.97 Å². The fourth-order valence-electron chi connectivity index (χ4n) is 1.64. The maximum atomic E-state index is 5.70. The average molecular weight is 216 g/mol. The second-order valence-electron chi connectivity index (χ2n) is 3.93. The first-order valence-corrected chi connectivity index (χ1v) is 5.31. The lowest BCUT2D eigenvalue weighted by atomic mass is 10.2. The Hall–Kier alpha value is -1.97. The van der Waals surface area contributed by atoms with Crippen LogP contribution >= 0.6 is 0 Å². The Morgan fingerprint density at radius 3 is 3.19 bits per heavy atom. The molecular formula is C12H16N4. The van der Waals surface area contributed by atoms with Gasteiger partial charge in [0.05, 0.1) is 11.0 Å². The predicted octanol–water partition coefficient (Wildman–Crippen LogP) is 2.52. The molecule has 0 amide bonds. The Kier molecular flexibility index (Phi) is 2.81. The number of benzene rings is 1. The number of nitrogen functional groups attached to an aromatic ring is 1. The van der Waals surface area contributed by atoms with E-state index in [-0.39, 0.29) is 0 Å². The number of aromatic nitrogens is 2. The summed E-state index contributed by atoms with van der Waals surface area (Å²) in [5, 5.41) is 3.27. The van der Waals surface area contributed by atoms with Gasteiger partial charge in [-0.05, 0) is 31.5 Å². The average Bonchev–Trinajstić information content (AvgIpc) is 2.59. The molecule has 1 unspecified atom stereocenters. The van der Waals surface area contributed by atoms with Crippen LogP contribution in [-0.2, 0) is 0 Å². The molecule has 2 rings (SSSR count). The zero-order chi connectivity index (χ0) is 11.5. The molecular weight excluding hydrogens is 200 g/mol. The van der Waals surface area contributed by atoms with Gasteiger partial charge in [0.2, 0.25) is 5.95 Å². The van der Waals surface area contributed by atoms with Crippen molar-refractivity contribution in [2.45, 2.75) is 19.4 Å². The van der Waals surface area contributed by atoms with Crippen LogP contribution in [0.1, 0.15) is 13.3 Å². The standard InChI is InChI=1S/C12H16N4/c1-3-4-8(2)14-12-15-10-6-5-9(13)7-11(10)16-12/h3,5-8H,1,4,13H2,2H3,(H2,14,15,16). The largest absolute Gasteiger partial charge is 0.399 e. The normalized spacial score (nSPS) is 12.6. The summed E-state index contributed by atoms with van der Waals surface area (Å²) in [5.74, 6) is 0.773. The number of nitrogens with two attached hydrogens (primary N) is 1.